The van der Waals surface area contributed by atoms with Crippen LogP contribution in [0.25, 0.3) is 22.3 Å². The smallest absolute Gasteiger partial charge is 0.328 e. The number of nitrogens with one attached hydrogen (secondary N) is 2. The number of amides is 3. The minimum absolute atomic E-state index is 0.143. The van der Waals surface area contributed by atoms with Gasteiger partial charge in [-0.1, -0.05) is 107 Å². The van der Waals surface area contributed by atoms with Crippen LogP contribution >= 0.6 is 0 Å². The van der Waals surface area contributed by atoms with Gasteiger partial charge in [0, 0.05) is 49.3 Å². The summed E-state index contributed by atoms with van der Waals surface area (Å²) in [4.78, 5) is 84.6. The van der Waals surface area contributed by atoms with Gasteiger partial charge in [0.15, 0.2) is 11.6 Å². The monoisotopic (exact) mass is 871 g/mol. The number of nitrogens with zero attached hydrogens (tertiary/aromatic N) is 1. The topological polar surface area (TPSA) is 148 Å². The van der Waals surface area contributed by atoms with Gasteiger partial charge in [-0.15, -0.1) is 0 Å². The molecule has 0 saturated carbocycles. The Labute approximate surface area is 378 Å². The lowest BCUT2D eigenvalue weighted by atomic mass is 9.87. The fourth-order valence-electron chi connectivity index (χ4n) is 8.42. The Morgan fingerprint density at radius 2 is 1.50 bits per heavy atom. The van der Waals surface area contributed by atoms with Crippen molar-refractivity contribution in [1.82, 2.24) is 15.5 Å². The van der Waals surface area contributed by atoms with E-state index in [1.54, 1.807) is 52.3 Å². The molecule has 0 aliphatic carbocycles. The molecule has 4 bridgehead atoms. The third-order valence-electron chi connectivity index (χ3n) is 12.4. The van der Waals surface area contributed by atoms with E-state index in [0.717, 1.165) is 59.9 Å². The molecule has 64 heavy (non-hydrogen) atoms. The molecule has 3 amide bonds. The van der Waals surface area contributed by atoms with Crippen LogP contribution in [0.15, 0.2) is 84.9 Å². The van der Waals surface area contributed by atoms with Crippen LogP contribution in [-0.4, -0.2) is 73.5 Å². The van der Waals surface area contributed by atoms with Crippen LogP contribution in [0.2, 0.25) is 0 Å². The second-order valence-corrected chi connectivity index (χ2v) is 17.3. The van der Waals surface area contributed by atoms with Crippen molar-refractivity contribution in [2.75, 3.05) is 21.3 Å². The summed E-state index contributed by atoms with van der Waals surface area (Å²) < 4.78 is 10.9. The molecule has 5 rings (SSSR count). The largest absolute Gasteiger partial charge is 0.496 e. The maximum absolute atomic E-state index is 14.8. The zero-order valence-corrected chi connectivity index (χ0v) is 38.8. The number of fused-ring (bicyclic) bond motifs is 5. The normalized spacial score (nSPS) is 17.3. The lowest BCUT2D eigenvalue weighted by Gasteiger charge is -2.32. The van der Waals surface area contributed by atoms with Crippen LogP contribution < -0.4 is 15.4 Å². The van der Waals surface area contributed by atoms with Crippen molar-refractivity contribution < 1.29 is 38.2 Å². The Kier molecular flexibility index (Phi) is 17.6. The molecule has 0 aromatic heterocycles. The van der Waals surface area contributed by atoms with E-state index in [1.165, 1.54) is 17.6 Å². The Balaban J connectivity index is 1.40. The molecule has 1 aliphatic rings. The van der Waals surface area contributed by atoms with Crippen LogP contribution in [0.4, 0.5) is 0 Å². The van der Waals surface area contributed by atoms with E-state index < -0.39 is 53.7 Å². The quantitative estimate of drug-likeness (QED) is 0.0790. The molecule has 5 atom stereocenters. The fraction of sp³-hybridized carbons (Fsp3) is 0.434. The first-order valence-electron chi connectivity index (χ1n) is 22.7. The Bertz CT molecular complexity index is 2290. The van der Waals surface area contributed by atoms with E-state index in [9.17, 15) is 28.8 Å². The molecule has 4 aromatic carbocycles. The van der Waals surface area contributed by atoms with Gasteiger partial charge in [-0.2, -0.15) is 0 Å². The molecule has 0 radical (unpaired) electrons. The molecular weight excluding hydrogens is 807 g/mol. The fourth-order valence-corrected chi connectivity index (χ4v) is 8.42. The lowest BCUT2D eigenvalue weighted by Crippen LogP contribution is -2.46. The molecule has 0 fully saturated rings. The maximum Gasteiger partial charge on any atom is 0.328 e. The summed E-state index contributed by atoms with van der Waals surface area (Å²) in [6, 6.07) is 23.8. The molecule has 340 valence electrons. The van der Waals surface area contributed by atoms with Gasteiger partial charge in [0.1, 0.15) is 17.8 Å². The number of aryl methyl sites for hydroxylation is 2. The predicted octanol–water partition coefficient (Wildman–Crippen LogP) is 8.96. The highest BCUT2D eigenvalue weighted by atomic mass is 16.5. The molecule has 0 saturated heterocycles. The van der Waals surface area contributed by atoms with E-state index >= 15 is 0 Å². The van der Waals surface area contributed by atoms with E-state index in [2.05, 4.69) is 48.7 Å². The van der Waals surface area contributed by atoms with Crippen molar-refractivity contribution in [1.29, 1.82) is 0 Å². The molecule has 11 heteroatoms. The standard InChI is InChI=1S/C53H65N3O8/c1-9-11-13-15-42(32-46(57)35(5)54-51(60)40-24-22-39(23-25-40)38-20-18-36(19-21-38)14-12-10-2)52(61)56(6)49-41-26-27-48(63-7)44(31-41)43-29-37(17-16-33(43)3)30-45(53(62)64-8)55-50(59)34(4)28-47(49)58/h16-27,29,31,34-35,42,45,49H,9-15,28,30,32H2,1-8H3,(H,54,60)(H,55,59)/t34-,35-,42-,45+,49+/m1/s1. The first kappa shape index (κ1) is 48.9. The maximum atomic E-state index is 14.8. The number of carbonyl (C=O) groups is 6. The average molecular weight is 872 g/mol. The summed E-state index contributed by atoms with van der Waals surface area (Å²) in [7, 11) is 4.38. The van der Waals surface area contributed by atoms with Gasteiger partial charge in [-0.25, -0.2) is 4.79 Å². The minimum Gasteiger partial charge on any atom is -0.496 e. The third-order valence-corrected chi connectivity index (χ3v) is 12.4. The van der Waals surface area contributed by atoms with Gasteiger partial charge in [0.2, 0.25) is 11.8 Å². The average Bonchev–Trinajstić information content (AvgIpc) is 3.30. The molecule has 4 aromatic rings. The van der Waals surface area contributed by atoms with Crippen molar-refractivity contribution in [3.8, 4) is 28.0 Å². The highest BCUT2D eigenvalue weighted by molar-refractivity contribution is 5.99. The summed E-state index contributed by atoms with van der Waals surface area (Å²) in [5, 5.41) is 5.63. The number of rotatable bonds is 17. The number of esters is 1. The number of carbonyl (C=O) groups excluding carboxylic acids is 6. The van der Waals surface area contributed by atoms with E-state index in [-0.39, 0.29) is 30.8 Å². The number of benzene rings is 4. The van der Waals surface area contributed by atoms with E-state index in [1.807, 2.05) is 43.3 Å². The highest BCUT2D eigenvalue weighted by Crippen LogP contribution is 2.38. The number of unbranched alkanes of at least 4 members (excludes halogenated alkanes) is 3. The lowest BCUT2D eigenvalue weighted by molar-refractivity contribution is -0.146. The first-order chi connectivity index (χ1) is 30.7. The van der Waals surface area contributed by atoms with Gasteiger partial charge in [0.05, 0.1) is 20.3 Å². The van der Waals surface area contributed by atoms with Crippen molar-refractivity contribution in [3.05, 3.63) is 113 Å². The van der Waals surface area contributed by atoms with Crippen LogP contribution in [0, 0.1) is 18.8 Å². The van der Waals surface area contributed by atoms with Crippen molar-refractivity contribution >= 4 is 35.3 Å². The minimum atomic E-state index is -1.13. The van der Waals surface area contributed by atoms with Crippen molar-refractivity contribution in [2.45, 2.75) is 117 Å². The Hall–Kier alpha value is -6.10. The SMILES string of the molecule is CCCCC[C@H](CC(=O)[C@@H](C)NC(=O)c1ccc(-c2ccc(CCCC)cc2)cc1)C(=O)N(C)[C@@H]1C(=O)C[C@@H](C)C(=O)N[C@H](C(=O)OC)Cc2ccc(C)c(c2)-c2cc1ccc2OC. The number of likely N-dealkylation sites (N-methyl/N-ethyl adjacent to an activating group) is 1. The van der Waals surface area contributed by atoms with Gasteiger partial charge in [-0.3, -0.25) is 24.0 Å². The van der Waals surface area contributed by atoms with E-state index in [0.29, 0.717) is 35.3 Å². The van der Waals surface area contributed by atoms with Crippen LogP contribution in [0.5, 0.6) is 5.75 Å². The van der Waals surface area contributed by atoms with Crippen molar-refractivity contribution in [2.24, 2.45) is 11.8 Å². The number of hydrogen-bond donors (Lipinski definition) is 2. The van der Waals surface area contributed by atoms with Crippen LogP contribution in [-0.2, 0) is 41.6 Å². The number of hydrogen-bond acceptors (Lipinski definition) is 8. The van der Waals surface area contributed by atoms with Gasteiger partial charge >= 0.3 is 5.97 Å². The number of ether oxygens (including phenoxy) is 2. The number of Topliss-reactive ketones (excluding diaryl/α,β-unsaturated/α-hetero) is 2. The van der Waals surface area contributed by atoms with Crippen LogP contribution in [0.3, 0.4) is 0 Å². The predicted molar refractivity (Wildman–Crippen MR) is 250 cm³/mol. The number of methoxy groups -OCH3 is 2. The molecular formula is C53H65N3O8. The zero-order valence-electron chi connectivity index (χ0n) is 38.8. The molecule has 2 N–H and O–H groups in total. The summed E-state index contributed by atoms with van der Waals surface area (Å²) in [6.07, 6.45) is 5.93. The third kappa shape index (κ3) is 12.3. The Morgan fingerprint density at radius 1 is 0.828 bits per heavy atom. The molecule has 1 aliphatic heterocycles. The molecule has 0 spiro atoms. The van der Waals surface area contributed by atoms with E-state index in [4.69, 9.17) is 9.47 Å². The molecule has 0 unspecified atom stereocenters. The van der Waals surface area contributed by atoms with Crippen molar-refractivity contribution in [3.63, 3.8) is 0 Å². The van der Waals surface area contributed by atoms with Gasteiger partial charge in [0.25, 0.3) is 5.91 Å². The van der Waals surface area contributed by atoms with Crippen LogP contribution in [0.1, 0.15) is 118 Å². The second-order valence-electron chi connectivity index (χ2n) is 17.3. The second kappa shape index (κ2) is 23.0. The highest BCUT2D eigenvalue weighted by Gasteiger charge is 2.36. The zero-order chi connectivity index (χ0) is 46.5. The van der Waals surface area contributed by atoms with Gasteiger partial charge in [-0.05, 0) is 96.3 Å². The first-order valence-corrected chi connectivity index (χ1v) is 22.7. The van der Waals surface area contributed by atoms with Gasteiger partial charge < -0.3 is 25.0 Å². The summed E-state index contributed by atoms with van der Waals surface area (Å²) in [5.74, 6) is -3.69. The molecule has 11 nitrogen and oxygen atoms in total. The number of ketones is 2. The Morgan fingerprint density at radius 3 is 2.14 bits per heavy atom. The summed E-state index contributed by atoms with van der Waals surface area (Å²) in [5.41, 5.74) is 7.41. The summed E-state index contributed by atoms with van der Waals surface area (Å²) >= 11 is 0. The molecule has 1 heterocycles. The summed E-state index contributed by atoms with van der Waals surface area (Å²) in [6.45, 7) is 9.41.